The predicted octanol–water partition coefficient (Wildman–Crippen LogP) is 1.65. The second-order valence-electron chi connectivity index (χ2n) is 3.59. The van der Waals surface area contributed by atoms with Crippen LogP contribution in [0.3, 0.4) is 0 Å². The molecule has 8 heteroatoms. The lowest BCUT2D eigenvalue weighted by Crippen LogP contribution is -2.12. The molecule has 0 bridgehead atoms. The van der Waals surface area contributed by atoms with Crippen molar-refractivity contribution in [2.45, 2.75) is 6.92 Å². The van der Waals surface area contributed by atoms with E-state index in [-0.39, 0.29) is 22.4 Å². The van der Waals surface area contributed by atoms with E-state index in [0.29, 0.717) is 5.57 Å². The van der Waals surface area contributed by atoms with E-state index in [9.17, 15) is 14.9 Å². The van der Waals surface area contributed by atoms with Crippen molar-refractivity contribution < 1.29 is 14.3 Å². The molecule has 0 saturated carbocycles. The molecular formula is C10H8N4O4. The normalized spacial score (nSPS) is 10.3. The maximum atomic E-state index is 11.5. The first-order valence-electron chi connectivity index (χ1n) is 4.87. The Morgan fingerprint density at radius 2 is 2.11 bits per heavy atom. The summed E-state index contributed by atoms with van der Waals surface area (Å²) in [7, 11) is 0. The number of hydrogen-bond donors (Lipinski definition) is 1. The zero-order valence-electron chi connectivity index (χ0n) is 9.34. The minimum Gasteiger partial charge on any atom is -0.320 e. The van der Waals surface area contributed by atoms with Crippen LogP contribution >= 0.6 is 0 Å². The Bertz CT molecular complexity index is 661. The average molecular weight is 248 g/mol. The Kier molecular flexibility index (Phi) is 2.76. The summed E-state index contributed by atoms with van der Waals surface area (Å²) in [5, 5.41) is 20.3. The number of non-ortho nitro benzene ring substituents is 1. The summed E-state index contributed by atoms with van der Waals surface area (Å²) in [5.74, 6) is -0.409. The summed E-state index contributed by atoms with van der Waals surface area (Å²) in [6.45, 7) is 5.03. The number of nitro groups is 1. The molecule has 0 aliphatic rings. The molecule has 0 radical (unpaired) electrons. The standard InChI is InChI=1S/C10H8N4O4/c1-5(2)10(15)11-6-3-4-7(14(16)17)9-8(6)12-18-13-9/h3-4H,1H2,2H3,(H,11,15). The highest BCUT2D eigenvalue weighted by Gasteiger charge is 2.20. The minimum atomic E-state index is -0.600. The van der Waals surface area contributed by atoms with Gasteiger partial charge in [0.05, 0.1) is 10.6 Å². The summed E-state index contributed by atoms with van der Waals surface area (Å²) >= 11 is 0. The van der Waals surface area contributed by atoms with Crippen LogP contribution < -0.4 is 5.32 Å². The number of nitrogens with one attached hydrogen (secondary N) is 1. The van der Waals surface area contributed by atoms with E-state index >= 15 is 0 Å². The molecule has 92 valence electrons. The molecule has 0 saturated heterocycles. The fourth-order valence-corrected chi connectivity index (χ4v) is 1.33. The van der Waals surface area contributed by atoms with Gasteiger partial charge in [0, 0.05) is 11.6 Å². The van der Waals surface area contributed by atoms with E-state index in [1.165, 1.54) is 12.1 Å². The maximum Gasteiger partial charge on any atom is 0.300 e. The van der Waals surface area contributed by atoms with Crippen molar-refractivity contribution in [2.24, 2.45) is 0 Å². The minimum absolute atomic E-state index is 0.0143. The number of benzene rings is 1. The van der Waals surface area contributed by atoms with Gasteiger partial charge in [0.2, 0.25) is 5.52 Å². The van der Waals surface area contributed by atoms with Crippen molar-refractivity contribution in [2.75, 3.05) is 5.32 Å². The quantitative estimate of drug-likeness (QED) is 0.502. The van der Waals surface area contributed by atoms with Gasteiger partial charge in [0.15, 0.2) is 5.52 Å². The van der Waals surface area contributed by atoms with E-state index in [2.05, 4.69) is 26.8 Å². The smallest absolute Gasteiger partial charge is 0.300 e. The molecule has 2 rings (SSSR count). The van der Waals surface area contributed by atoms with Crippen LogP contribution in [-0.2, 0) is 4.79 Å². The SMILES string of the molecule is C=C(C)C(=O)Nc1ccc([N+](=O)[O-])c2nonc12. The Hall–Kier alpha value is -2.77. The van der Waals surface area contributed by atoms with Crippen molar-refractivity contribution in [1.82, 2.24) is 10.3 Å². The topological polar surface area (TPSA) is 111 Å². The molecule has 0 spiro atoms. The highest BCUT2D eigenvalue weighted by molar-refractivity contribution is 6.07. The molecule has 1 aromatic heterocycles. The van der Waals surface area contributed by atoms with E-state index in [0.717, 1.165) is 0 Å². The summed E-state index contributed by atoms with van der Waals surface area (Å²) in [5.41, 5.74) is 0.459. The number of aromatic nitrogens is 2. The number of nitrogens with zero attached hydrogens (tertiary/aromatic N) is 3. The monoisotopic (exact) mass is 248 g/mol. The van der Waals surface area contributed by atoms with Crippen molar-refractivity contribution in [3.8, 4) is 0 Å². The summed E-state index contributed by atoms with van der Waals surface area (Å²) in [6.07, 6.45) is 0. The Balaban J connectivity index is 2.51. The van der Waals surface area contributed by atoms with Crippen LogP contribution in [0.15, 0.2) is 28.9 Å². The second-order valence-corrected chi connectivity index (χ2v) is 3.59. The third kappa shape index (κ3) is 1.90. The summed E-state index contributed by atoms with van der Waals surface area (Å²) < 4.78 is 4.46. The van der Waals surface area contributed by atoms with Gasteiger partial charge in [0.1, 0.15) is 0 Å². The molecule has 0 fully saturated rings. The van der Waals surface area contributed by atoms with Crippen LogP contribution in [-0.4, -0.2) is 21.1 Å². The van der Waals surface area contributed by atoms with Gasteiger partial charge >= 0.3 is 5.69 Å². The number of hydrogen-bond acceptors (Lipinski definition) is 6. The van der Waals surface area contributed by atoms with Gasteiger partial charge in [0.25, 0.3) is 5.91 Å². The molecule has 0 unspecified atom stereocenters. The van der Waals surface area contributed by atoms with Gasteiger partial charge in [-0.2, -0.15) is 0 Å². The number of rotatable bonds is 3. The first-order valence-corrected chi connectivity index (χ1v) is 4.87. The molecule has 1 aromatic carbocycles. The van der Waals surface area contributed by atoms with Crippen LogP contribution in [0.1, 0.15) is 6.92 Å². The zero-order valence-corrected chi connectivity index (χ0v) is 9.34. The zero-order chi connectivity index (χ0) is 13.3. The van der Waals surface area contributed by atoms with Crippen molar-refractivity contribution in [1.29, 1.82) is 0 Å². The molecule has 1 N–H and O–H groups in total. The molecule has 2 aromatic rings. The fraction of sp³-hybridized carbons (Fsp3) is 0.100. The third-order valence-electron chi connectivity index (χ3n) is 2.23. The predicted molar refractivity (Wildman–Crippen MR) is 61.9 cm³/mol. The van der Waals surface area contributed by atoms with E-state index < -0.39 is 10.8 Å². The number of carbonyl (C=O) groups excluding carboxylic acids is 1. The Morgan fingerprint density at radius 3 is 2.72 bits per heavy atom. The summed E-state index contributed by atoms with van der Waals surface area (Å²) in [6, 6.07) is 2.59. The second kappa shape index (κ2) is 4.24. The van der Waals surface area contributed by atoms with Crippen LogP contribution in [0.5, 0.6) is 0 Å². The van der Waals surface area contributed by atoms with Gasteiger partial charge in [-0.3, -0.25) is 14.9 Å². The molecular weight excluding hydrogens is 240 g/mol. The number of amides is 1. The highest BCUT2D eigenvalue weighted by Crippen LogP contribution is 2.28. The summed E-state index contributed by atoms with van der Waals surface area (Å²) in [4.78, 5) is 21.6. The highest BCUT2D eigenvalue weighted by atomic mass is 16.6. The van der Waals surface area contributed by atoms with Crippen LogP contribution in [0.4, 0.5) is 11.4 Å². The van der Waals surface area contributed by atoms with Gasteiger partial charge in [-0.1, -0.05) is 6.58 Å². The fourth-order valence-electron chi connectivity index (χ4n) is 1.33. The van der Waals surface area contributed by atoms with E-state index in [1.807, 2.05) is 0 Å². The third-order valence-corrected chi connectivity index (χ3v) is 2.23. The maximum absolute atomic E-state index is 11.5. The average Bonchev–Trinajstić information content (AvgIpc) is 2.77. The van der Waals surface area contributed by atoms with Crippen LogP contribution in [0, 0.1) is 10.1 Å². The van der Waals surface area contributed by atoms with Gasteiger partial charge in [-0.15, -0.1) is 0 Å². The van der Waals surface area contributed by atoms with Crippen molar-refractivity contribution in [3.05, 3.63) is 34.4 Å². The van der Waals surface area contributed by atoms with E-state index in [4.69, 9.17) is 0 Å². The lowest BCUT2D eigenvalue weighted by atomic mass is 10.2. The van der Waals surface area contributed by atoms with Crippen LogP contribution in [0.2, 0.25) is 0 Å². The van der Waals surface area contributed by atoms with Gasteiger partial charge in [-0.05, 0) is 23.3 Å². The first-order chi connectivity index (χ1) is 8.50. The van der Waals surface area contributed by atoms with Crippen molar-refractivity contribution >= 4 is 28.3 Å². The molecule has 1 heterocycles. The largest absolute Gasteiger partial charge is 0.320 e. The number of anilines is 1. The molecule has 8 nitrogen and oxygen atoms in total. The number of nitro benzene ring substituents is 1. The van der Waals surface area contributed by atoms with Gasteiger partial charge < -0.3 is 5.32 Å². The molecule has 0 atom stereocenters. The lowest BCUT2D eigenvalue weighted by Gasteiger charge is -2.04. The molecule has 0 aliphatic heterocycles. The van der Waals surface area contributed by atoms with E-state index in [1.54, 1.807) is 6.92 Å². The molecule has 0 aliphatic carbocycles. The lowest BCUT2D eigenvalue weighted by molar-refractivity contribution is -0.383. The number of carbonyl (C=O) groups is 1. The Morgan fingerprint density at radius 1 is 1.44 bits per heavy atom. The molecule has 18 heavy (non-hydrogen) atoms. The van der Waals surface area contributed by atoms with Crippen molar-refractivity contribution in [3.63, 3.8) is 0 Å². The Labute approximate surface area is 100 Å². The van der Waals surface area contributed by atoms with Gasteiger partial charge in [-0.25, -0.2) is 4.63 Å². The first kappa shape index (κ1) is 11.7. The number of fused-ring (bicyclic) bond motifs is 1. The molecule has 1 amide bonds. The van der Waals surface area contributed by atoms with Crippen LogP contribution in [0.25, 0.3) is 11.0 Å².